The molecule has 25 heavy (non-hydrogen) atoms. The smallest absolute Gasteiger partial charge is 0.357 e. The molecule has 0 spiro atoms. The van der Waals surface area contributed by atoms with Crippen LogP contribution in [0.15, 0.2) is 46.7 Å². The molecule has 0 amide bonds. The zero-order valence-corrected chi connectivity index (χ0v) is 14.4. The van der Waals surface area contributed by atoms with Crippen molar-refractivity contribution >= 4 is 28.9 Å². The summed E-state index contributed by atoms with van der Waals surface area (Å²) in [6.07, 6.45) is 1.63. The number of aliphatic imine (C=N–C) groups is 1. The second kappa shape index (κ2) is 7.21. The molecular weight excluding hydrogens is 318 g/mol. The van der Waals surface area contributed by atoms with Crippen molar-refractivity contribution in [2.24, 2.45) is 10.1 Å². The van der Waals surface area contributed by atoms with Crippen molar-refractivity contribution < 1.29 is 9.63 Å². The van der Waals surface area contributed by atoms with Crippen molar-refractivity contribution in [1.29, 1.82) is 0 Å². The zero-order chi connectivity index (χ0) is 17.8. The Morgan fingerprint density at radius 1 is 1.16 bits per heavy atom. The molecule has 0 radical (unpaired) electrons. The highest BCUT2D eigenvalue weighted by molar-refractivity contribution is 6.70. The van der Waals surface area contributed by atoms with Crippen LogP contribution in [0.25, 0.3) is 0 Å². The lowest BCUT2D eigenvalue weighted by atomic mass is 10.1. The summed E-state index contributed by atoms with van der Waals surface area (Å²) in [6, 6.07) is 9.11. The first-order valence-electron chi connectivity index (χ1n) is 8.16. The second-order valence-corrected chi connectivity index (χ2v) is 5.44. The fourth-order valence-electron chi connectivity index (χ4n) is 2.54. The molecule has 128 valence electrons. The van der Waals surface area contributed by atoms with E-state index in [9.17, 15) is 4.79 Å². The molecule has 2 aromatic rings. The fourth-order valence-corrected chi connectivity index (χ4v) is 2.54. The van der Waals surface area contributed by atoms with Crippen LogP contribution in [0.2, 0.25) is 0 Å². The van der Waals surface area contributed by atoms with Crippen LogP contribution in [0.3, 0.4) is 0 Å². The van der Waals surface area contributed by atoms with Gasteiger partial charge in [0, 0.05) is 19.3 Å². The maximum atomic E-state index is 12.0. The molecule has 0 saturated carbocycles. The number of oxime groups is 1. The summed E-state index contributed by atoms with van der Waals surface area (Å²) in [4.78, 5) is 32.2. The fraction of sp³-hybridized carbons (Fsp3) is 0.278. The van der Waals surface area contributed by atoms with Crippen molar-refractivity contribution in [2.45, 2.75) is 20.8 Å². The summed E-state index contributed by atoms with van der Waals surface area (Å²) in [5.74, 6) is 0.298. The van der Waals surface area contributed by atoms with Crippen LogP contribution in [0.1, 0.15) is 25.2 Å². The van der Waals surface area contributed by atoms with E-state index in [2.05, 4.69) is 38.9 Å². The molecule has 0 aliphatic carbocycles. The molecule has 0 aromatic carbocycles. The number of rotatable bonds is 5. The van der Waals surface area contributed by atoms with Crippen molar-refractivity contribution in [3.8, 4) is 0 Å². The summed E-state index contributed by atoms with van der Waals surface area (Å²) < 4.78 is 0. The van der Waals surface area contributed by atoms with Gasteiger partial charge < -0.3 is 9.74 Å². The number of hydrogen-bond donors (Lipinski definition) is 0. The first kappa shape index (κ1) is 16.8. The van der Waals surface area contributed by atoms with Crippen molar-refractivity contribution in [3.05, 3.63) is 47.9 Å². The van der Waals surface area contributed by atoms with Gasteiger partial charge in [0.05, 0.1) is 17.1 Å². The Hall–Kier alpha value is -3.09. The molecule has 0 saturated heterocycles. The van der Waals surface area contributed by atoms with Gasteiger partial charge in [-0.3, -0.25) is 4.98 Å². The molecule has 2 aromatic heterocycles. The minimum Gasteiger partial charge on any atom is -0.357 e. The number of anilines is 1. The van der Waals surface area contributed by atoms with Crippen LogP contribution < -0.4 is 4.90 Å². The number of pyridine rings is 2. The molecule has 0 bridgehead atoms. The second-order valence-electron chi connectivity index (χ2n) is 5.44. The molecule has 0 N–H and O–H groups in total. The van der Waals surface area contributed by atoms with E-state index in [4.69, 9.17) is 4.84 Å². The average Bonchev–Trinajstić information content (AvgIpc) is 2.99. The van der Waals surface area contributed by atoms with E-state index in [1.165, 1.54) is 0 Å². The number of aryl methyl sites for hydroxylation is 1. The van der Waals surface area contributed by atoms with Crippen LogP contribution in [0.5, 0.6) is 0 Å². The number of nitrogens with zero attached hydrogens (tertiary/aromatic N) is 5. The van der Waals surface area contributed by atoms with Gasteiger partial charge in [-0.2, -0.15) is 0 Å². The molecule has 3 heterocycles. The Morgan fingerprint density at radius 2 is 1.96 bits per heavy atom. The molecule has 3 rings (SSSR count). The minimum absolute atomic E-state index is 0.138. The van der Waals surface area contributed by atoms with Gasteiger partial charge in [-0.1, -0.05) is 11.2 Å². The van der Waals surface area contributed by atoms with Crippen molar-refractivity contribution in [2.75, 3.05) is 18.0 Å². The summed E-state index contributed by atoms with van der Waals surface area (Å²) in [5.41, 5.74) is 2.35. The molecule has 0 unspecified atom stereocenters. The first-order chi connectivity index (χ1) is 12.1. The van der Waals surface area contributed by atoms with Gasteiger partial charge >= 0.3 is 5.97 Å². The zero-order valence-electron chi connectivity index (χ0n) is 14.4. The van der Waals surface area contributed by atoms with Gasteiger partial charge in [-0.15, -0.1) is 0 Å². The van der Waals surface area contributed by atoms with E-state index in [1.807, 2.05) is 25.1 Å². The van der Waals surface area contributed by atoms with Gasteiger partial charge in [-0.05, 0) is 45.0 Å². The van der Waals surface area contributed by atoms with E-state index in [1.54, 1.807) is 18.3 Å². The van der Waals surface area contributed by atoms with Crippen LogP contribution >= 0.6 is 0 Å². The van der Waals surface area contributed by atoms with Gasteiger partial charge in [-0.25, -0.2) is 14.8 Å². The lowest BCUT2D eigenvalue weighted by molar-refractivity contribution is -0.134. The number of carbonyl (C=O) groups excluding carboxylic acids is 1. The molecule has 7 heteroatoms. The van der Waals surface area contributed by atoms with Gasteiger partial charge in [0.2, 0.25) is 0 Å². The van der Waals surface area contributed by atoms with Crippen LogP contribution in [0, 0.1) is 6.92 Å². The minimum atomic E-state index is -0.590. The largest absolute Gasteiger partial charge is 0.386 e. The summed E-state index contributed by atoms with van der Waals surface area (Å²) >= 11 is 0. The van der Waals surface area contributed by atoms with Crippen LogP contribution in [-0.4, -0.2) is 40.5 Å². The SMILES string of the molecule is CCN(CC)c1ccc(/N=C2\C(=O)ON=C2c2ccccn2)c(C)n1. The standard InChI is InChI=1S/C18H19N5O2/c1-4-23(5-2)15-10-9-13(12(3)20-15)21-17-16(22-25-18(17)24)14-8-6-7-11-19-14/h6-11H,4-5H2,1-3H3/b21-17-. The Morgan fingerprint density at radius 3 is 2.60 bits per heavy atom. The van der Waals surface area contributed by atoms with E-state index in [-0.39, 0.29) is 5.71 Å². The Balaban J connectivity index is 1.96. The molecule has 0 fully saturated rings. The summed E-state index contributed by atoms with van der Waals surface area (Å²) in [7, 11) is 0. The lowest BCUT2D eigenvalue weighted by Gasteiger charge is -2.20. The number of carbonyl (C=O) groups is 1. The van der Waals surface area contributed by atoms with E-state index in [0.717, 1.165) is 24.6 Å². The topological polar surface area (TPSA) is 80.0 Å². The monoisotopic (exact) mass is 337 g/mol. The third kappa shape index (κ3) is 3.40. The van der Waals surface area contributed by atoms with Crippen LogP contribution in [-0.2, 0) is 9.63 Å². The number of aromatic nitrogens is 2. The van der Waals surface area contributed by atoms with Gasteiger partial charge in [0.15, 0.2) is 11.4 Å². The van der Waals surface area contributed by atoms with Crippen LogP contribution in [0.4, 0.5) is 11.5 Å². The Kier molecular flexibility index (Phi) is 4.83. The highest BCUT2D eigenvalue weighted by Gasteiger charge is 2.30. The molecule has 7 nitrogen and oxygen atoms in total. The van der Waals surface area contributed by atoms with Gasteiger partial charge in [0.1, 0.15) is 5.82 Å². The van der Waals surface area contributed by atoms with E-state index >= 15 is 0 Å². The third-order valence-corrected chi connectivity index (χ3v) is 3.91. The summed E-state index contributed by atoms with van der Waals surface area (Å²) in [6.45, 7) is 7.78. The highest BCUT2D eigenvalue weighted by Crippen LogP contribution is 2.23. The van der Waals surface area contributed by atoms with Gasteiger partial charge in [0.25, 0.3) is 0 Å². The quantitative estimate of drug-likeness (QED) is 0.784. The molecule has 1 aliphatic rings. The summed E-state index contributed by atoms with van der Waals surface area (Å²) in [5, 5.41) is 3.81. The normalized spacial score (nSPS) is 15.2. The predicted octanol–water partition coefficient (Wildman–Crippen LogP) is 2.66. The maximum absolute atomic E-state index is 12.0. The lowest BCUT2D eigenvalue weighted by Crippen LogP contribution is -2.23. The Labute approximate surface area is 146 Å². The maximum Gasteiger partial charge on any atom is 0.386 e. The molecule has 1 aliphatic heterocycles. The van der Waals surface area contributed by atoms with Crippen molar-refractivity contribution in [3.63, 3.8) is 0 Å². The molecule has 0 atom stereocenters. The van der Waals surface area contributed by atoms with E-state index in [0.29, 0.717) is 17.1 Å². The third-order valence-electron chi connectivity index (χ3n) is 3.91. The predicted molar refractivity (Wildman–Crippen MR) is 96.5 cm³/mol. The first-order valence-corrected chi connectivity index (χ1v) is 8.16. The Bertz CT molecular complexity index is 842. The highest BCUT2D eigenvalue weighted by atomic mass is 16.7. The number of hydrogen-bond acceptors (Lipinski definition) is 7. The van der Waals surface area contributed by atoms with Crippen molar-refractivity contribution in [1.82, 2.24) is 9.97 Å². The average molecular weight is 337 g/mol. The molecular formula is C18H19N5O2. The van der Waals surface area contributed by atoms with E-state index < -0.39 is 5.97 Å².